The van der Waals surface area contributed by atoms with Gasteiger partial charge in [-0.2, -0.15) is 0 Å². The smallest absolute Gasteiger partial charge is 0.229 e. The van der Waals surface area contributed by atoms with Crippen molar-refractivity contribution in [3.05, 3.63) is 36.4 Å². The minimum absolute atomic E-state index is 0.543. The number of aromatic nitrogens is 1. The number of anilines is 1. The van der Waals surface area contributed by atoms with Gasteiger partial charge in [-0.05, 0) is 18.2 Å². The predicted molar refractivity (Wildman–Crippen MR) is 82.1 cm³/mol. The molecule has 0 atom stereocenters. The highest BCUT2D eigenvalue weighted by atomic mass is 16.5. The number of nitrogens with zero attached hydrogens (tertiary/aromatic N) is 1. The number of fused-ring (bicyclic) bond motifs is 1. The Labute approximate surface area is 122 Å². The highest BCUT2D eigenvalue weighted by molar-refractivity contribution is 5.82. The molecule has 21 heavy (non-hydrogen) atoms. The lowest BCUT2D eigenvalue weighted by Crippen LogP contribution is -1.97. The van der Waals surface area contributed by atoms with Gasteiger partial charge in [-0.25, -0.2) is 4.98 Å². The maximum atomic E-state index is 5.82. The number of hydrogen-bond acceptors (Lipinski definition) is 5. The maximum absolute atomic E-state index is 5.82. The highest BCUT2D eigenvalue weighted by Gasteiger charge is 2.16. The van der Waals surface area contributed by atoms with Crippen LogP contribution in [0.4, 0.5) is 5.69 Å². The number of hydrogen-bond donors (Lipinski definition) is 1. The first-order valence-electron chi connectivity index (χ1n) is 6.56. The number of ether oxygens (including phenoxy) is 2. The van der Waals surface area contributed by atoms with E-state index in [0.29, 0.717) is 17.4 Å². The lowest BCUT2D eigenvalue weighted by Gasteiger charge is -2.12. The summed E-state index contributed by atoms with van der Waals surface area (Å²) in [7, 11) is 5.05. The Bertz CT molecular complexity index is 747. The van der Waals surface area contributed by atoms with Crippen molar-refractivity contribution in [1.82, 2.24) is 4.98 Å². The van der Waals surface area contributed by atoms with Crippen molar-refractivity contribution >= 4 is 16.8 Å². The molecule has 1 aromatic heterocycles. The van der Waals surface area contributed by atoms with Crippen LogP contribution in [-0.2, 0) is 0 Å². The van der Waals surface area contributed by atoms with E-state index >= 15 is 0 Å². The lowest BCUT2D eigenvalue weighted by atomic mass is 10.1. The summed E-state index contributed by atoms with van der Waals surface area (Å²) in [6, 6.07) is 11.4. The minimum Gasteiger partial charge on any atom is -0.493 e. The van der Waals surface area contributed by atoms with Crippen LogP contribution in [0.3, 0.4) is 0 Å². The molecular weight excluding hydrogens is 268 g/mol. The molecule has 1 heterocycles. The fourth-order valence-electron chi connectivity index (χ4n) is 2.25. The number of oxazole rings is 1. The molecule has 0 saturated carbocycles. The quantitative estimate of drug-likeness (QED) is 0.794. The van der Waals surface area contributed by atoms with Crippen molar-refractivity contribution in [3.63, 3.8) is 0 Å². The lowest BCUT2D eigenvalue weighted by molar-refractivity contribution is 0.355. The van der Waals surface area contributed by atoms with Gasteiger partial charge >= 0.3 is 0 Å². The van der Waals surface area contributed by atoms with Crippen molar-refractivity contribution in [2.24, 2.45) is 0 Å². The van der Waals surface area contributed by atoms with Gasteiger partial charge in [-0.15, -0.1) is 0 Å². The van der Waals surface area contributed by atoms with E-state index in [0.717, 1.165) is 22.4 Å². The van der Waals surface area contributed by atoms with E-state index in [-0.39, 0.29) is 0 Å². The molecule has 5 heteroatoms. The van der Waals surface area contributed by atoms with Gasteiger partial charge in [0.1, 0.15) is 5.52 Å². The van der Waals surface area contributed by atoms with Gasteiger partial charge in [0.25, 0.3) is 0 Å². The van der Waals surface area contributed by atoms with Crippen LogP contribution in [0.1, 0.15) is 0 Å². The Kier molecular flexibility index (Phi) is 3.39. The van der Waals surface area contributed by atoms with Gasteiger partial charge in [-0.3, -0.25) is 0 Å². The van der Waals surface area contributed by atoms with Gasteiger partial charge in [0, 0.05) is 13.1 Å². The topological polar surface area (TPSA) is 56.5 Å². The summed E-state index contributed by atoms with van der Waals surface area (Å²) in [4.78, 5) is 4.52. The van der Waals surface area contributed by atoms with Crippen molar-refractivity contribution in [2.45, 2.75) is 0 Å². The maximum Gasteiger partial charge on any atom is 0.229 e. The third-order valence-electron chi connectivity index (χ3n) is 3.32. The van der Waals surface area contributed by atoms with Gasteiger partial charge in [-0.1, -0.05) is 12.1 Å². The van der Waals surface area contributed by atoms with E-state index < -0.39 is 0 Å². The largest absolute Gasteiger partial charge is 0.493 e. The first-order chi connectivity index (χ1) is 10.3. The van der Waals surface area contributed by atoms with Crippen molar-refractivity contribution in [2.75, 3.05) is 26.6 Å². The van der Waals surface area contributed by atoms with Gasteiger partial charge < -0.3 is 19.2 Å². The third-order valence-corrected chi connectivity index (χ3v) is 3.32. The molecule has 0 radical (unpaired) electrons. The molecule has 1 N–H and O–H groups in total. The Morgan fingerprint density at radius 1 is 1.05 bits per heavy atom. The van der Waals surface area contributed by atoms with Crippen LogP contribution >= 0.6 is 0 Å². The summed E-state index contributed by atoms with van der Waals surface area (Å²) in [5.74, 6) is 1.83. The second-order valence-electron chi connectivity index (χ2n) is 4.49. The molecule has 0 aliphatic rings. The van der Waals surface area contributed by atoms with Crippen LogP contribution in [0.5, 0.6) is 11.5 Å². The highest BCUT2D eigenvalue weighted by Crippen LogP contribution is 2.39. The van der Waals surface area contributed by atoms with Crippen molar-refractivity contribution in [1.29, 1.82) is 0 Å². The monoisotopic (exact) mass is 284 g/mol. The van der Waals surface area contributed by atoms with E-state index in [1.807, 2.05) is 43.4 Å². The number of methoxy groups -OCH3 is 2. The molecule has 0 aliphatic heterocycles. The van der Waals surface area contributed by atoms with Gasteiger partial charge in [0.05, 0.1) is 25.5 Å². The molecule has 0 spiro atoms. The second kappa shape index (κ2) is 5.36. The number of rotatable bonds is 4. The summed E-state index contributed by atoms with van der Waals surface area (Å²) < 4.78 is 16.5. The van der Waals surface area contributed by atoms with Crippen LogP contribution in [0.25, 0.3) is 22.6 Å². The number of nitrogens with one attached hydrogen (secondary N) is 1. The molecule has 0 amide bonds. The Morgan fingerprint density at radius 2 is 1.76 bits per heavy atom. The fourth-order valence-corrected chi connectivity index (χ4v) is 2.25. The van der Waals surface area contributed by atoms with Crippen LogP contribution in [0.2, 0.25) is 0 Å². The summed E-state index contributed by atoms with van der Waals surface area (Å²) in [5, 5.41) is 3.13. The average molecular weight is 284 g/mol. The third kappa shape index (κ3) is 2.27. The zero-order chi connectivity index (χ0) is 14.8. The SMILES string of the molecule is CNc1cc(OC)c(OC)cc1-c1nc2ccccc2o1. The van der Waals surface area contributed by atoms with Crippen molar-refractivity contribution in [3.8, 4) is 23.0 Å². The molecular formula is C16H16N2O3. The standard InChI is InChI=1S/C16H16N2O3/c1-17-12-9-15(20-3)14(19-2)8-10(12)16-18-11-6-4-5-7-13(11)21-16/h4-9,17H,1-3H3. The van der Waals surface area contributed by atoms with Crippen LogP contribution in [0, 0.1) is 0 Å². The second-order valence-corrected chi connectivity index (χ2v) is 4.49. The average Bonchev–Trinajstić information content (AvgIpc) is 2.97. The van der Waals surface area contributed by atoms with Crippen LogP contribution in [-0.4, -0.2) is 26.3 Å². The van der Waals surface area contributed by atoms with E-state index in [1.54, 1.807) is 14.2 Å². The summed E-state index contributed by atoms with van der Waals surface area (Å²) in [6.07, 6.45) is 0. The molecule has 3 aromatic rings. The number of benzene rings is 2. The van der Waals surface area contributed by atoms with Gasteiger partial charge in [0.15, 0.2) is 17.1 Å². The molecule has 0 unspecified atom stereocenters. The molecule has 5 nitrogen and oxygen atoms in total. The fraction of sp³-hybridized carbons (Fsp3) is 0.188. The zero-order valence-electron chi connectivity index (χ0n) is 12.1. The number of para-hydroxylation sites is 2. The normalized spacial score (nSPS) is 10.6. The Balaban J connectivity index is 2.20. The molecule has 3 rings (SSSR count). The molecule has 0 fully saturated rings. The molecule has 0 bridgehead atoms. The summed E-state index contributed by atoms with van der Waals surface area (Å²) in [5.41, 5.74) is 3.26. The zero-order valence-corrected chi connectivity index (χ0v) is 12.1. The summed E-state index contributed by atoms with van der Waals surface area (Å²) >= 11 is 0. The van der Waals surface area contributed by atoms with E-state index in [2.05, 4.69) is 10.3 Å². The van der Waals surface area contributed by atoms with Crippen LogP contribution in [0.15, 0.2) is 40.8 Å². The molecule has 0 saturated heterocycles. The molecule has 108 valence electrons. The van der Waals surface area contributed by atoms with Crippen LogP contribution < -0.4 is 14.8 Å². The van der Waals surface area contributed by atoms with E-state index in [9.17, 15) is 0 Å². The van der Waals surface area contributed by atoms with Gasteiger partial charge in [0.2, 0.25) is 5.89 Å². The minimum atomic E-state index is 0.543. The van der Waals surface area contributed by atoms with Crippen molar-refractivity contribution < 1.29 is 13.9 Å². The first-order valence-corrected chi connectivity index (χ1v) is 6.56. The molecule has 2 aromatic carbocycles. The van der Waals surface area contributed by atoms with E-state index in [1.165, 1.54) is 0 Å². The Hall–Kier alpha value is -2.69. The summed E-state index contributed by atoms with van der Waals surface area (Å²) in [6.45, 7) is 0. The Morgan fingerprint density at radius 3 is 2.43 bits per heavy atom. The van der Waals surface area contributed by atoms with E-state index in [4.69, 9.17) is 13.9 Å². The molecule has 0 aliphatic carbocycles. The predicted octanol–water partition coefficient (Wildman–Crippen LogP) is 3.55. The first kappa shape index (κ1) is 13.3.